The summed E-state index contributed by atoms with van der Waals surface area (Å²) in [7, 11) is 0. The second-order valence-corrected chi connectivity index (χ2v) is 3.48. The number of allylic oxidation sites excluding steroid dienone is 2. The third-order valence-corrected chi connectivity index (χ3v) is 2.64. The van der Waals surface area contributed by atoms with Crippen molar-refractivity contribution in [3.05, 3.63) is 12.2 Å². The Balaban J connectivity index is 2.38. The quantitative estimate of drug-likeness (QED) is 0.318. The molecule has 0 radical (unpaired) electrons. The predicted octanol–water partition coefficient (Wildman–Crippen LogP) is 0.846. The minimum absolute atomic E-state index is 0.115. The Kier molecular flexibility index (Phi) is 1.71. The average Bonchev–Trinajstić information content (AvgIpc) is 2.36. The molecule has 4 atom stereocenters. The molecule has 70 valence electrons. The van der Waals surface area contributed by atoms with E-state index in [0.29, 0.717) is 0 Å². The number of esters is 2. The van der Waals surface area contributed by atoms with E-state index >= 15 is 0 Å². The molecular formula is C9H9FO3. The van der Waals surface area contributed by atoms with Gasteiger partial charge in [0.1, 0.15) is 12.1 Å². The van der Waals surface area contributed by atoms with Crippen LogP contribution in [0.4, 0.5) is 4.39 Å². The van der Waals surface area contributed by atoms with Crippen molar-refractivity contribution < 1.29 is 18.7 Å². The highest BCUT2D eigenvalue weighted by molar-refractivity contribution is 5.97. The zero-order valence-electron chi connectivity index (χ0n) is 7.07. The van der Waals surface area contributed by atoms with Gasteiger partial charge in [0.15, 0.2) is 0 Å². The van der Waals surface area contributed by atoms with Crippen LogP contribution in [0, 0.1) is 17.8 Å². The molecule has 0 aromatic carbocycles. The zero-order chi connectivity index (χ0) is 9.59. The van der Waals surface area contributed by atoms with E-state index in [1.807, 2.05) is 0 Å². The molecule has 1 saturated heterocycles. The van der Waals surface area contributed by atoms with Crippen molar-refractivity contribution in [2.75, 3.05) is 0 Å². The van der Waals surface area contributed by atoms with Gasteiger partial charge in [-0.25, -0.2) is 4.39 Å². The largest absolute Gasteiger partial charge is 0.393 e. The molecule has 1 heterocycles. The van der Waals surface area contributed by atoms with Crippen molar-refractivity contribution in [2.45, 2.75) is 13.1 Å². The summed E-state index contributed by atoms with van der Waals surface area (Å²) in [6.07, 6.45) is 1.57. The first-order valence-electron chi connectivity index (χ1n) is 4.19. The summed E-state index contributed by atoms with van der Waals surface area (Å²) < 4.78 is 17.6. The number of hydrogen-bond donors (Lipinski definition) is 0. The molecule has 0 bridgehead atoms. The van der Waals surface area contributed by atoms with Crippen molar-refractivity contribution in [2.24, 2.45) is 17.8 Å². The van der Waals surface area contributed by atoms with Gasteiger partial charge < -0.3 is 4.74 Å². The first-order chi connectivity index (χ1) is 6.11. The van der Waals surface area contributed by atoms with Crippen molar-refractivity contribution in [1.29, 1.82) is 0 Å². The number of fused-ring (bicyclic) bond motifs is 1. The van der Waals surface area contributed by atoms with Gasteiger partial charge >= 0.3 is 11.9 Å². The van der Waals surface area contributed by atoms with Gasteiger partial charge in [-0.05, 0) is 5.92 Å². The zero-order valence-corrected chi connectivity index (χ0v) is 7.07. The van der Waals surface area contributed by atoms with Crippen LogP contribution in [0.5, 0.6) is 0 Å². The summed E-state index contributed by atoms with van der Waals surface area (Å²) in [5, 5.41) is 0. The lowest BCUT2D eigenvalue weighted by atomic mass is 9.77. The van der Waals surface area contributed by atoms with Crippen LogP contribution in [-0.4, -0.2) is 18.1 Å². The summed E-state index contributed by atoms with van der Waals surface area (Å²) in [4.78, 5) is 22.2. The number of hydrogen-bond acceptors (Lipinski definition) is 3. The molecule has 4 unspecified atom stereocenters. The molecule has 13 heavy (non-hydrogen) atoms. The second-order valence-electron chi connectivity index (χ2n) is 3.48. The fraction of sp³-hybridized carbons (Fsp3) is 0.556. The maximum absolute atomic E-state index is 13.2. The van der Waals surface area contributed by atoms with Gasteiger partial charge in [0.25, 0.3) is 0 Å². The summed E-state index contributed by atoms with van der Waals surface area (Å²) in [6, 6.07) is 0. The van der Waals surface area contributed by atoms with E-state index in [9.17, 15) is 14.0 Å². The molecule has 1 aliphatic heterocycles. The van der Waals surface area contributed by atoms with E-state index < -0.39 is 29.9 Å². The summed E-state index contributed by atoms with van der Waals surface area (Å²) in [5.41, 5.74) is 0. The highest BCUT2D eigenvalue weighted by Gasteiger charge is 2.51. The molecule has 0 spiro atoms. The van der Waals surface area contributed by atoms with Crippen LogP contribution in [0.2, 0.25) is 0 Å². The first kappa shape index (κ1) is 8.41. The van der Waals surface area contributed by atoms with E-state index in [1.54, 1.807) is 13.0 Å². The lowest BCUT2D eigenvalue weighted by molar-refractivity contribution is -0.154. The molecule has 2 aliphatic rings. The fourth-order valence-corrected chi connectivity index (χ4v) is 1.92. The molecule has 4 heteroatoms. The Morgan fingerprint density at radius 1 is 1.23 bits per heavy atom. The third-order valence-electron chi connectivity index (χ3n) is 2.64. The lowest BCUT2D eigenvalue weighted by Gasteiger charge is -2.23. The number of carbonyl (C=O) groups excluding carboxylic acids is 2. The highest BCUT2D eigenvalue weighted by atomic mass is 19.1. The van der Waals surface area contributed by atoms with Crippen LogP contribution < -0.4 is 0 Å². The van der Waals surface area contributed by atoms with Gasteiger partial charge in [-0.3, -0.25) is 9.59 Å². The van der Waals surface area contributed by atoms with Gasteiger partial charge in [0.2, 0.25) is 0 Å². The van der Waals surface area contributed by atoms with Crippen molar-refractivity contribution >= 4 is 11.9 Å². The molecule has 0 aromatic rings. The standard InChI is InChI=1S/C9H9FO3/c1-4-2-3-5(10)7-6(4)8(11)13-9(7)12/h2-7H,1H3. The van der Waals surface area contributed by atoms with Gasteiger partial charge in [-0.1, -0.05) is 19.1 Å². The van der Waals surface area contributed by atoms with Crippen LogP contribution in [0.15, 0.2) is 12.2 Å². The van der Waals surface area contributed by atoms with Gasteiger partial charge in [-0.2, -0.15) is 0 Å². The topological polar surface area (TPSA) is 43.4 Å². The Hall–Kier alpha value is -1.19. The molecular weight excluding hydrogens is 175 g/mol. The number of rotatable bonds is 0. The van der Waals surface area contributed by atoms with Crippen LogP contribution in [0.3, 0.4) is 0 Å². The Bertz CT molecular complexity index is 269. The van der Waals surface area contributed by atoms with Crippen molar-refractivity contribution in [3.63, 3.8) is 0 Å². The number of cyclic esters (lactones) is 2. The summed E-state index contributed by atoms with van der Waals surface area (Å²) >= 11 is 0. The molecule has 1 aliphatic carbocycles. The Labute approximate surface area is 74.6 Å². The monoisotopic (exact) mass is 184 g/mol. The number of alkyl halides is 1. The summed E-state index contributed by atoms with van der Waals surface area (Å²) in [6.45, 7) is 1.78. The molecule has 0 N–H and O–H groups in total. The summed E-state index contributed by atoms with van der Waals surface area (Å²) in [5.74, 6) is -2.95. The van der Waals surface area contributed by atoms with Crippen LogP contribution in [0.1, 0.15) is 6.92 Å². The SMILES string of the molecule is CC1C=CC(F)C2C(=O)OC(=O)C12. The molecule has 3 nitrogen and oxygen atoms in total. The first-order valence-corrected chi connectivity index (χ1v) is 4.19. The average molecular weight is 184 g/mol. The fourth-order valence-electron chi connectivity index (χ4n) is 1.92. The number of ether oxygens (including phenoxy) is 1. The second kappa shape index (κ2) is 2.65. The molecule has 2 rings (SSSR count). The van der Waals surface area contributed by atoms with E-state index in [2.05, 4.69) is 4.74 Å². The van der Waals surface area contributed by atoms with E-state index in [0.717, 1.165) is 0 Å². The number of halogens is 1. The normalized spacial score (nSPS) is 43.2. The van der Waals surface area contributed by atoms with E-state index in [1.165, 1.54) is 6.08 Å². The number of carbonyl (C=O) groups is 2. The minimum Gasteiger partial charge on any atom is -0.393 e. The molecule has 1 fully saturated rings. The minimum atomic E-state index is -1.37. The third kappa shape index (κ3) is 1.08. The maximum atomic E-state index is 13.2. The van der Waals surface area contributed by atoms with Crippen LogP contribution in [-0.2, 0) is 14.3 Å². The lowest BCUT2D eigenvalue weighted by Crippen LogP contribution is -2.33. The van der Waals surface area contributed by atoms with Crippen molar-refractivity contribution in [1.82, 2.24) is 0 Å². The van der Waals surface area contributed by atoms with Crippen LogP contribution >= 0.6 is 0 Å². The van der Waals surface area contributed by atoms with E-state index in [4.69, 9.17) is 0 Å². The smallest absolute Gasteiger partial charge is 0.320 e. The Morgan fingerprint density at radius 2 is 1.85 bits per heavy atom. The van der Waals surface area contributed by atoms with Gasteiger partial charge in [-0.15, -0.1) is 0 Å². The van der Waals surface area contributed by atoms with Crippen LogP contribution in [0.25, 0.3) is 0 Å². The Morgan fingerprint density at radius 3 is 2.46 bits per heavy atom. The molecule has 0 saturated carbocycles. The van der Waals surface area contributed by atoms with Gasteiger partial charge in [0.05, 0.1) is 5.92 Å². The van der Waals surface area contributed by atoms with Gasteiger partial charge in [0, 0.05) is 0 Å². The van der Waals surface area contributed by atoms with Crippen molar-refractivity contribution in [3.8, 4) is 0 Å². The van der Waals surface area contributed by atoms with E-state index in [-0.39, 0.29) is 5.92 Å². The molecule has 0 aromatic heterocycles. The molecule has 0 amide bonds. The maximum Gasteiger partial charge on any atom is 0.320 e. The predicted molar refractivity (Wildman–Crippen MR) is 41.3 cm³/mol. The highest BCUT2D eigenvalue weighted by Crippen LogP contribution is 2.38.